The number of thiocarbonyl (C=S) groups is 1. The molecule has 1 saturated heterocycles. The molecule has 0 atom stereocenters. The van der Waals surface area contributed by atoms with E-state index in [-0.39, 0.29) is 0 Å². The molecular weight excluding hydrogens is 288 g/mol. The number of thioether (sulfide) groups is 1. The van der Waals surface area contributed by atoms with Crippen LogP contribution in [-0.4, -0.2) is 26.7 Å². The van der Waals surface area contributed by atoms with E-state index in [0.717, 1.165) is 35.7 Å². The average Bonchev–Trinajstić information content (AvgIpc) is 2.97. The second-order valence-corrected chi connectivity index (χ2v) is 6.35. The van der Waals surface area contributed by atoms with E-state index in [1.54, 1.807) is 18.0 Å². The summed E-state index contributed by atoms with van der Waals surface area (Å²) in [7, 11) is 0. The zero-order valence-corrected chi connectivity index (χ0v) is 12.7. The lowest BCUT2D eigenvalue weighted by molar-refractivity contribution is 0.193. The maximum absolute atomic E-state index is 5.44. The van der Waals surface area contributed by atoms with Crippen LogP contribution in [-0.2, 0) is 13.1 Å². The molecule has 1 aliphatic rings. The summed E-state index contributed by atoms with van der Waals surface area (Å²) >= 11 is 7.16. The third kappa shape index (κ3) is 3.42. The van der Waals surface area contributed by atoms with Gasteiger partial charge in [0.05, 0.1) is 25.4 Å². The van der Waals surface area contributed by atoms with Crippen molar-refractivity contribution in [2.75, 3.05) is 12.5 Å². The maximum atomic E-state index is 5.44. The van der Waals surface area contributed by atoms with Gasteiger partial charge in [-0.25, -0.2) is 0 Å². The predicted octanol–water partition coefficient (Wildman–Crippen LogP) is 3.53. The molecule has 0 aliphatic carbocycles. The van der Waals surface area contributed by atoms with E-state index in [1.165, 1.54) is 5.56 Å². The van der Waals surface area contributed by atoms with Gasteiger partial charge in [0, 0.05) is 6.54 Å². The Bertz CT molecular complexity index is 557. The SMILES string of the molecule is S=C1SCN(Cc2ccccc2)CN1Cc1ccco1. The van der Waals surface area contributed by atoms with Crippen molar-refractivity contribution in [3.8, 4) is 0 Å². The van der Waals surface area contributed by atoms with Crippen molar-refractivity contribution in [1.29, 1.82) is 0 Å². The molecule has 20 heavy (non-hydrogen) atoms. The Labute approximate surface area is 128 Å². The molecule has 3 rings (SSSR count). The predicted molar refractivity (Wildman–Crippen MR) is 86.2 cm³/mol. The summed E-state index contributed by atoms with van der Waals surface area (Å²) in [6.07, 6.45) is 1.71. The Morgan fingerprint density at radius 1 is 1.10 bits per heavy atom. The number of hydrogen-bond acceptors (Lipinski definition) is 4. The lowest BCUT2D eigenvalue weighted by Crippen LogP contribution is -2.43. The molecule has 1 aliphatic heterocycles. The first-order valence-corrected chi connectivity index (χ1v) is 7.91. The molecule has 3 nitrogen and oxygen atoms in total. The number of benzene rings is 1. The van der Waals surface area contributed by atoms with Gasteiger partial charge >= 0.3 is 0 Å². The van der Waals surface area contributed by atoms with E-state index >= 15 is 0 Å². The summed E-state index contributed by atoms with van der Waals surface area (Å²) in [5, 5.41) is 0. The first-order chi connectivity index (χ1) is 9.81. The van der Waals surface area contributed by atoms with Crippen LogP contribution in [0.4, 0.5) is 0 Å². The Morgan fingerprint density at radius 2 is 1.95 bits per heavy atom. The lowest BCUT2D eigenvalue weighted by Gasteiger charge is -2.36. The zero-order chi connectivity index (χ0) is 13.8. The number of rotatable bonds is 4. The Morgan fingerprint density at radius 3 is 2.70 bits per heavy atom. The van der Waals surface area contributed by atoms with Gasteiger partial charge < -0.3 is 9.32 Å². The molecule has 0 N–H and O–H groups in total. The van der Waals surface area contributed by atoms with Gasteiger partial charge in [0.1, 0.15) is 10.1 Å². The van der Waals surface area contributed by atoms with Gasteiger partial charge in [0.15, 0.2) is 0 Å². The highest BCUT2D eigenvalue weighted by Gasteiger charge is 2.22. The first kappa shape index (κ1) is 13.7. The summed E-state index contributed by atoms with van der Waals surface area (Å²) in [5.74, 6) is 1.90. The van der Waals surface area contributed by atoms with Crippen molar-refractivity contribution in [1.82, 2.24) is 9.80 Å². The van der Waals surface area contributed by atoms with Crippen molar-refractivity contribution in [3.05, 3.63) is 60.1 Å². The van der Waals surface area contributed by atoms with Gasteiger partial charge in [-0.3, -0.25) is 4.90 Å². The Balaban J connectivity index is 1.62. The van der Waals surface area contributed by atoms with Crippen LogP contribution in [0.3, 0.4) is 0 Å². The molecule has 104 valence electrons. The van der Waals surface area contributed by atoms with Crippen molar-refractivity contribution in [2.45, 2.75) is 13.1 Å². The molecule has 0 unspecified atom stereocenters. The monoisotopic (exact) mass is 304 g/mol. The van der Waals surface area contributed by atoms with Crippen LogP contribution in [0.15, 0.2) is 53.1 Å². The zero-order valence-electron chi connectivity index (χ0n) is 11.1. The minimum atomic E-state index is 0.740. The van der Waals surface area contributed by atoms with Gasteiger partial charge in [-0.05, 0) is 17.7 Å². The van der Waals surface area contributed by atoms with Crippen LogP contribution in [0.2, 0.25) is 0 Å². The van der Waals surface area contributed by atoms with Crippen LogP contribution < -0.4 is 0 Å². The van der Waals surface area contributed by atoms with Crippen LogP contribution >= 0.6 is 24.0 Å². The summed E-state index contributed by atoms with van der Waals surface area (Å²) in [5.41, 5.74) is 1.33. The fourth-order valence-corrected chi connectivity index (χ4v) is 3.27. The van der Waals surface area contributed by atoms with Gasteiger partial charge in [-0.15, -0.1) is 0 Å². The van der Waals surface area contributed by atoms with E-state index in [1.807, 2.05) is 18.2 Å². The van der Waals surface area contributed by atoms with Gasteiger partial charge in [0.2, 0.25) is 0 Å². The van der Waals surface area contributed by atoms with Gasteiger partial charge in [-0.1, -0.05) is 54.3 Å². The average molecular weight is 304 g/mol. The standard InChI is InChI=1S/C15H16N2OS2/c19-15-17(10-14-7-4-8-18-14)11-16(12-20-15)9-13-5-2-1-3-6-13/h1-8H,9-12H2. The summed E-state index contributed by atoms with van der Waals surface area (Å²) in [6.45, 7) is 2.54. The second-order valence-electron chi connectivity index (χ2n) is 4.77. The minimum Gasteiger partial charge on any atom is -0.467 e. The van der Waals surface area contributed by atoms with E-state index in [2.05, 4.69) is 34.1 Å². The minimum absolute atomic E-state index is 0.740. The normalized spacial score (nSPS) is 16.6. The molecule has 0 bridgehead atoms. The molecule has 1 aromatic carbocycles. The highest BCUT2D eigenvalue weighted by molar-refractivity contribution is 8.22. The molecule has 5 heteroatoms. The summed E-state index contributed by atoms with van der Waals surface area (Å²) < 4.78 is 6.36. The highest BCUT2D eigenvalue weighted by atomic mass is 32.2. The summed E-state index contributed by atoms with van der Waals surface area (Å²) in [4.78, 5) is 4.57. The number of nitrogens with zero attached hydrogens (tertiary/aromatic N) is 2. The quantitative estimate of drug-likeness (QED) is 0.803. The van der Waals surface area contributed by atoms with E-state index < -0.39 is 0 Å². The largest absolute Gasteiger partial charge is 0.467 e. The smallest absolute Gasteiger partial charge is 0.139 e. The molecule has 1 fully saturated rings. The first-order valence-electron chi connectivity index (χ1n) is 6.51. The fourth-order valence-electron chi connectivity index (χ4n) is 2.22. The molecule has 1 aromatic heterocycles. The third-order valence-corrected chi connectivity index (χ3v) is 4.79. The van der Waals surface area contributed by atoms with Crippen LogP contribution in [0.25, 0.3) is 0 Å². The third-order valence-electron chi connectivity index (χ3n) is 3.18. The van der Waals surface area contributed by atoms with E-state index in [0.29, 0.717) is 0 Å². The fraction of sp³-hybridized carbons (Fsp3) is 0.267. The molecule has 2 aromatic rings. The summed E-state index contributed by atoms with van der Waals surface area (Å²) in [6, 6.07) is 14.4. The van der Waals surface area contributed by atoms with E-state index in [9.17, 15) is 0 Å². The lowest BCUT2D eigenvalue weighted by atomic mass is 10.2. The molecule has 0 spiro atoms. The van der Waals surface area contributed by atoms with Crippen molar-refractivity contribution in [3.63, 3.8) is 0 Å². The second kappa shape index (κ2) is 6.43. The van der Waals surface area contributed by atoms with E-state index in [4.69, 9.17) is 16.6 Å². The van der Waals surface area contributed by atoms with Gasteiger partial charge in [-0.2, -0.15) is 0 Å². The van der Waals surface area contributed by atoms with Crippen LogP contribution in [0.1, 0.15) is 11.3 Å². The van der Waals surface area contributed by atoms with Crippen molar-refractivity contribution in [2.24, 2.45) is 0 Å². The molecule has 0 amide bonds. The molecule has 2 heterocycles. The molecular formula is C15H16N2OS2. The number of hydrogen-bond donors (Lipinski definition) is 0. The van der Waals surface area contributed by atoms with Crippen molar-refractivity contribution >= 4 is 28.3 Å². The topological polar surface area (TPSA) is 19.6 Å². The molecule has 0 radical (unpaired) electrons. The Kier molecular flexibility index (Phi) is 4.40. The van der Waals surface area contributed by atoms with Crippen LogP contribution in [0.5, 0.6) is 0 Å². The Hall–Kier alpha value is -1.30. The van der Waals surface area contributed by atoms with Crippen LogP contribution in [0, 0.1) is 0 Å². The highest BCUT2D eigenvalue weighted by Crippen LogP contribution is 2.22. The maximum Gasteiger partial charge on any atom is 0.139 e. The molecule has 0 saturated carbocycles. The van der Waals surface area contributed by atoms with Gasteiger partial charge in [0.25, 0.3) is 0 Å². The number of furan rings is 1. The van der Waals surface area contributed by atoms with Crippen molar-refractivity contribution < 1.29 is 4.42 Å².